The van der Waals surface area contributed by atoms with Gasteiger partial charge in [0, 0.05) is 34.7 Å². The van der Waals surface area contributed by atoms with E-state index >= 15 is 0 Å². The van der Waals surface area contributed by atoms with Crippen LogP contribution >= 0.6 is 15.9 Å². The summed E-state index contributed by atoms with van der Waals surface area (Å²) >= 11 is 3.49. The number of H-pyrrole nitrogens is 1. The van der Waals surface area contributed by atoms with Gasteiger partial charge in [0.05, 0.1) is 19.8 Å². The fourth-order valence-corrected chi connectivity index (χ4v) is 4.36. The van der Waals surface area contributed by atoms with E-state index in [1.165, 1.54) is 10.9 Å². The molecular weight excluding hydrogens is 420 g/mol. The molecule has 1 saturated heterocycles. The summed E-state index contributed by atoms with van der Waals surface area (Å²) in [6, 6.07) is 11.6. The second-order valence-corrected chi connectivity index (χ2v) is 7.92. The fourth-order valence-electron chi connectivity index (χ4n) is 3.95. The van der Waals surface area contributed by atoms with E-state index in [0.717, 1.165) is 41.7 Å². The number of methoxy groups -OCH3 is 2. The lowest BCUT2D eigenvalue weighted by molar-refractivity contribution is 0.0712. The molecule has 1 aliphatic rings. The number of halogens is 1. The first-order valence-corrected chi connectivity index (χ1v) is 10.2. The second kappa shape index (κ2) is 7.87. The first-order valence-electron chi connectivity index (χ1n) is 9.38. The highest BCUT2D eigenvalue weighted by Gasteiger charge is 2.27. The Morgan fingerprint density at radius 3 is 2.46 bits per heavy atom. The van der Waals surface area contributed by atoms with Gasteiger partial charge in [-0.25, -0.2) is 0 Å². The minimum atomic E-state index is 0.0461. The minimum Gasteiger partial charge on any atom is -0.497 e. The van der Waals surface area contributed by atoms with E-state index in [9.17, 15) is 4.79 Å². The van der Waals surface area contributed by atoms with Crippen molar-refractivity contribution in [1.82, 2.24) is 9.88 Å². The van der Waals surface area contributed by atoms with Crippen molar-refractivity contribution in [1.29, 1.82) is 0 Å². The summed E-state index contributed by atoms with van der Waals surface area (Å²) in [5, 5.41) is 1.21. The van der Waals surface area contributed by atoms with Gasteiger partial charge < -0.3 is 19.4 Å². The molecule has 0 spiro atoms. The second-order valence-electron chi connectivity index (χ2n) is 7.07. The van der Waals surface area contributed by atoms with Crippen molar-refractivity contribution in [3.63, 3.8) is 0 Å². The van der Waals surface area contributed by atoms with E-state index in [2.05, 4.69) is 39.2 Å². The molecule has 2 heterocycles. The zero-order valence-corrected chi connectivity index (χ0v) is 17.6. The van der Waals surface area contributed by atoms with Crippen molar-refractivity contribution in [2.24, 2.45) is 0 Å². The number of hydrogen-bond acceptors (Lipinski definition) is 3. The molecule has 0 bridgehead atoms. The number of ether oxygens (including phenoxy) is 2. The van der Waals surface area contributed by atoms with E-state index < -0.39 is 0 Å². The largest absolute Gasteiger partial charge is 0.497 e. The van der Waals surface area contributed by atoms with E-state index in [1.54, 1.807) is 20.3 Å². The highest BCUT2D eigenvalue weighted by molar-refractivity contribution is 9.10. The molecule has 0 saturated carbocycles. The highest BCUT2D eigenvalue weighted by atomic mass is 79.9. The Kier molecular flexibility index (Phi) is 5.31. The van der Waals surface area contributed by atoms with Gasteiger partial charge in [0.15, 0.2) is 0 Å². The number of amides is 1. The van der Waals surface area contributed by atoms with E-state index in [4.69, 9.17) is 9.47 Å². The van der Waals surface area contributed by atoms with Crippen LogP contribution in [0.2, 0.25) is 0 Å². The van der Waals surface area contributed by atoms with Gasteiger partial charge in [-0.05, 0) is 76.7 Å². The van der Waals surface area contributed by atoms with Crippen LogP contribution in [0.5, 0.6) is 11.5 Å². The van der Waals surface area contributed by atoms with Gasteiger partial charge in [-0.2, -0.15) is 0 Å². The van der Waals surface area contributed by atoms with Crippen LogP contribution < -0.4 is 9.47 Å². The maximum atomic E-state index is 13.0. The number of nitrogens with zero attached hydrogens (tertiary/aromatic N) is 1. The number of nitrogens with one attached hydrogen (secondary N) is 1. The van der Waals surface area contributed by atoms with E-state index in [1.807, 2.05) is 23.1 Å². The molecular formula is C22H23BrN2O3. The molecule has 3 aromatic rings. The Balaban J connectivity index is 1.50. The molecule has 5 nitrogen and oxygen atoms in total. The SMILES string of the molecule is COc1ccc(Br)c(C(=O)N2CCC(c3c[nH]c4ccc(OC)cc34)CC2)c1. The molecule has 1 N–H and O–H groups in total. The van der Waals surface area contributed by atoms with E-state index in [-0.39, 0.29) is 5.91 Å². The summed E-state index contributed by atoms with van der Waals surface area (Å²) in [6.07, 6.45) is 3.99. The van der Waals surface area contributed by atoms with Gasteiger partial charge >= 0.3 is 0 Å². The van der Waals surface area contributed by atoms with Crippen molar-refractivity contribution in [2.45, 2.75) is 18.8 Å². The van der Waals surface area contributed by atoms with Crippen molar-refractivity contribution in [3.05, 3.63) is 58.2 Å². The molecule has 146 valence electrons. The number of rotatable bonds is 4. The van der Waals surface area contributed by atoms with Gasteiger partial charge in [-0.15, -0.1) is 0 Å². The standard InChI is InChI=1S/C22H23BrN2O3/c1-27-15-3-5-20(23)18(12-15)22(26)25-9-7-14(8-10-25)19-13-24-21-6-4-16(28-2)11-17(19)21/h3-6,11-14,24H,7-10H2,1-2H3. The van der Waals surface area contributed by atoms with Crippen LogP contribution in [0.15, 0.2) is 47.1 Å². The summed E-state index contributed by atoms with van der Waals surface area (Å²) in [5.74, 6) is 2.03. The van der Waals surface area contributed by atoms with E-state index in [0.29, 0.717) is 17.2 Å². The summed E-state index contributed by atoms with van der Waals surface area (Å²) in [7, 11) is 3.30. The fraction of sp³-hybridized carbons (Fsp3) is 0.318. The molecule has 1 amide bonds. The molecule has 0 atom stereocenters. The predicted molar refractivity (Wildman–Crippen MR) is 113 cm³/mol. The molecule has 0 unspecified atom stereocenters. The molecule has 4 rings (SSSR count). The van der Waals surface area contributed by atoms with Crippen LogP contribution in [-0.4, -0.2) is 43.1 Å². The third-order valence-electron chi connectivity index (χ3n) is 5.55. The monoisotopic (exact) mass is 442 g/mol. The average Bonchev–Trinajstić information content (AvgIpc) is 3.17. The highest BCUT2D eigenvalue weighted by Crippen LogP contribution is 2.35. The third kappa shape index (κ3) is 3.49. The van der Waals surface area contributed by atoms with Gasteiger partial charge in [-0.3, -0.25) is 4.79 Å². The maximum Gasteiger partial charge on any atom is 0.255 e. The third-order valence-corrected chi connectivity index (χ3v) is 6.24. The molecule has 28 heavy (non-hydrogen) atoms. The van der Waals surface area contributed by atoms with Crippen molar-refractivity contribution < 1.29 is 14.3 Å². The number of carbonyl (C=O) groups is 1. The zero-order chi connectivity index (χ0) is 19.7. The van der Waals surface area contributed by atoms with Gasteiger partial charge in [-0.1, -0.05) is 0 Å². The number of piperidine rings is 1. The smallest absolute Gasteiger partial charge is 0.255 e. The first kappa shape index (κ1) is 18.9. The van der Waals surface area contributed by atoms with Crippen LogP contribution in [0.4, 0.5) is 0 Å². The van der Waals surface area contributed by atoms with Gasteiger partial charge in [0.1, 0.15) is 11.5 Å². The Morgan fingerprint density at radius 2 is 1.75 bits per heavy atom. The number of benzene rings is 2. The number of hydrogen-bond donors (Lipinski definition) is 1. The molecule has 0 radical (unpaired) electrons. The Labute approximate surface area is 172 Å². The number of aromatic nitrogens is 1. The predicted octanol–water partition coefficient (Wildman–Crippen LogP) is 4.97. The number of likely N-dealkylation sites (tertiary alicyclic amines) is 1. The summed E-state index contributed by atoms with van der Waals surface area (Å²) in [4.78, 5) is 18.3. The Morgan fingerprint density at radius 1 is 1.07 bits per heavy atom. The molecule has 1 aliphatic heterocycles. The summed E-state index contributed by atoms with van der Waals surface area (Å²) in [6.45, 7) is 1.48. The lowest BCUT2D eigenvalue weighted by atomic mass is 9.89. The lowest BCUT2D eigenvalue weighted by Gasteiger charge is -2.32. The molecule has 0 aliphatic carbocycles. The van der Waals surface area contributed by atoms with Crippen LogP contribution in [0.1, 0.15) is 34.7 Å². The summed E-state index contributed by atoms with van der Waals surface area (Å²) < 4.78 is 11.4. The van der Waals surface area contributed by atoms with Crippen molar-refractivity contribution in [2.75, 3.05) is 27.3 Å². The molecule has 1 fully saturated rings. The van der Waals surface area contributed by atoms with Gasteiger partial charge in [0.25, 0.3) is 5.91 Å². The minimum absolute atomic E-state index is 0.0461. The molecule has 6 heteroatoms. The zero-order valence-electron chi connectivity index (χ0n) is 16.0. The normalized spacial score (nSPS) is 15.0. The number of fused-ring (bicyclic) bond motifs is 1. The topological polar surface area (TPSA) is 54.6 Å². The van der Waals surface area contributed by atoms with Crippen LogP contribution in [0.3, 0.4) is 0 Å². The number of aromatic amines is 1. The van der Waals surface area contributed by atoms with Crippen LogP contribution in [-0.2, 0) is 0 Å². The number of carbonyl (C=O) groups excluding carboxylic acids is 1. The average molecular weight is 443 g/mol. The quantitative estimate of drug-likeness (QED) is 0.620. The lowest BCUT2D eigenvalue weighted by Crippen LogP contribution is -2.38. The van der Waals surface area contributed by atoms with Gasteiger partial charge in [0.2, 0.25) is 0 Å². The van der Waals surface area contributed by atoms with Crippen molar-refractivity contribution in [3.8, 4) is 11.5 Å². The Bertz CT molecular complexity index is 1010. The molecule has 1 aromatic heterocycles. The van der Waals surface area contributed by atoms with Crippen LogP contribution in [0.25, 0.3) is 10.9 Å². The first-order chi connectivity index (χ1) is 13.6. The Hall–Kier alpha value is -2.47. The van der Waals surface area contributed by atoms with Crippen LogP contribution in [0, 0.1) is 0 Å². The molecule has 2 aromatic carbocycles. The maximum absolute atomic E-state index is 13.0. The van der Waals surface area contributed by atoms with Crippen molar-refractivity contribution >= 4 is 32.7 Å². The summed E-state index contributed by atoms with van der Waals surface area (Å²) in [5.41, 5.74) is 3.08.